The summed E-state index contributed by atoms with van der Waals surface area (Å²) in [7, 11) is 3.27. The minimum Gasteiger partial charge on any atom is -0.493 e. The van der Waals surface area contributed by atoms with Gasteiger partial charge in [0.15, 0.2) is 11.5 Å². The number of methoxy groups -OCH3 is 2. The average molecular weight is 329 g/mol. The van der Waals surface area contributed by atoms with E-state index in [1.807, 2.05) is 49.4 Å². The zero-order valence-electron chi connectivity index (χ0n) is 14.9. The Morgan fingerprint density at radius 3 is 2.42 bits per heavy atom. The highest BCUT2D eigenvalue weighted by Crippen LogP contribution is 2.28. The summed E-state index contributed by atoms with van der Waals surface area (Å²) >= 11 is 0. The maximum atomic E-state index is 10.4. The number of nitrogens with one attached hydrogen (secondary N) is 1. The molecular weight excluding hydrogens is 302 g/mol. The predicted molar refractivity (Wildman–Crippen MR) is 96.9 cm³/mol. The van der Waals surface area contributed by atoms with Gasteiger partial charge in [-0.1, -0.05) is 30.3 Å². The monoisotopic (exact) mass is 329 g/mol. The molecule has 0 bridgehead atoms. The molecule has 2 aromatic carbocycles. The third-order valence-corrected chi connectivity index (χ3v) is 4.20. The van der Waals surface area contributed by atoms with Crippen LogP contribution in [0.3, 0.4) is 0 Å². The molecule has 0 amide bonds. The molecule has 2 N–H and O–H groups in total. The van der Waals surface area contributed by atoms with Crippen molar-refractivity contribution in [3.8, 4) is 11.5 Å². The average Bonchev–Trinajstić information content (AvgIpc) is 2.60. The first-order valence-electron chi connectivity index (χ1n) is 8.23. The highest BCUT2D eigenvalue weighted by Gasteiger charge is 2.12. The van der Waals surface area contributed by atoms with Gasteiger partial charge in [-0.2, -0.15) is 0 Å². The molecule has 2 rings (SSSR count). The summed E-state index contributed by atoms with van der Waals surface area (Å²) in [6.45, 7) is 4.66. The topological polar surface area (TPSA) is 50.7 Å². The van der Waals surface area contributed by atoms with E-state index >= 15 is 0 Å². The molecule has 0 aromatic heterocycles. The van der Waals surface area contributed by atoms with Gasteiger partial charge in [0.05, 0.1) is 20.3 Å². The van der Waals surface area contributed by atoms with Crippen molar-refractivity contribution in [2.24, 2.45) is 0 Å². The van der Waals surface area contributed by atoms with E-state index in [9.17, 15) is 5.11 Å². The first kappa shape index (κ1) is 18.3. The summed E-state index contributed by atoms with van der Waals surface area (Å²) in [6, 6.07) is 14.1. The Labute approximate surface area is 144 Å². The van der Waals surface area contributed by atoms with Crippen molar-refractivity contribution >= 4 is 0 Å². The van der Waals surface area contributed by atoms with Crippen molar-refractivity contribution in [3.05, 3.63) is 59.2 Å². The van der Waals surface area contributed by atoms with Crippen LogP contribution in [0.4, 0.5) is 0 Å². The lowest BCUT2D eigenvalue weighted by molar-refractivity contribution is 0.170. The molecule has 0 spiro atoms. The molecule has 130 valence electrons. The fourth-order valence-corrected chi connectivity index (χ4v) is 2.82. The summed E-state index contributed by atoms with van der Waals surface area (Å²) in [6.07, 6.45) is 0.347. The van der Waals surface area contributed by atoms with Gasteiger partial charge in [-0.25, -0.2) is 0 Å². The van der Waals surface area contributed by atoms with E-state index in [4.69, 9.17) is 9.47 Å². The van der Waals surface area contributed by atoms with Crippen molar-refractivity contribution in [2.75, 3.05) is 20.8 Å². The van der Waals surface area contributed by atoms with Crippen LogP contribution in [0.2, 0.25) is 0 Å². The summed E-state index contributed by atoms with van der Waals surface area (Å²) in [5.74, 6) is 1.47. The van der Waals surface area contributed by atoms with Gasteiger partial charge in [0.25, 0.3) is 0 Å². The Kier molecular flexibility index (Phi) is 6.64. The lowest BCUT2D eigenvalue weighted by Gasteiger charge is -2.19. The second-order valence-corrected chi connectivity index (χ2v) is 6.08. The van der Waals surface area contributed by atoms with Crippen LogP contribution in [0.25, 0.3) is 0 Å². The minimum absolute atomic E-state index is 0.238. The molecule has 2 aromatic rings. The van der Waals surface area contributed by atoms with Gasteiger partial charge in [0, 0.05) is 12.6 Å². The Balaban J connectivity index is 1.91. The maximum Gasteiger partial charge on any atom is 0.160 e. The van der Waals surface area contributed by atoms with Crippen LogP contribution in [0, 0.1) is 6.92 Å². The number of benzene rings is 2. The molecule has 2 atom stereocenters. The highest BCUT2D eigenvalue weighted by atomic mass is 16.5. The van der Waals surface area contributed by atoms with Crippen LogP contribution < -0.4 is 14.8 Å². The molecule has 0 fully saturated rings. The van der Waals surface area contributed by atoms with Crippen molar-refractivity contribution in [1.29, 1.82) is 0 Å². The number of aryl methyl sites for hydroxylation is 1. The largest absolute Gasteiger partial charge is 0.493 e. The van der Waals surface area contributed by atoms with Gasteiger partial charge in [-0.3, -0.25) is 0 Å². The molecule has 4 nitrogen and oxygen atoms in total. The van der Waals surface area contributed by atoms with Crippen LogP contribution in [0.1, 0.15) is 29.7 Å². The number of hydrogen-bond acceptors (Lipinski definition) is 4. The number of hydrogen-bond donors (Lipinski definition) is 2. The molecule has 0 aliphatic rings. The van der Waals surface area contributed by atoms with Crippen molar-refractivity contribution in [3.63, 3.8) is 0 Å². The first-order valence-corrected chi connectivity index (χ1v) is 8.23. The number of rotatable bonds is 8. The van der Waals surface area contributed by atoms with Crippen molar-refractivity contribution in [1.82, 2.24) is 5.32 Å². The number of aliphatic hydroxyl groups excluding tert-OH is 1. The molecule has 4 heteroatoms. The second-order valence-electron chi connectivity index (χ2n) is 6.08. The summed E-state index contributed by atoms with van der Waals surface area (Å²) in [4.78, 5) is 0. The molecule has 0 aliphatic carbocycles. The maximum absolute atomic E-state index is 10.4. The van der Waals surface area contributed by atoms with E-state index in [-0.39, 0.29) is 6.04 Å². The molecule has 1 unspecified atom stereocenters. The van der Waals surface area contributed by atoms with Crippen LogP contribution in [-0.4, -0.2) is 31.9 Å². The fraction of sp³-hybridized carbons (Fsp3) is 0.400. The third-order valence-electron chi connectivity index (χ3n) is 4.20. The summed E-state index contributed by atoms with van der Waals surface area (Å²) in [5.41, 5.74) is 3.25. The molecule has 24 heavy (non-hydrogen) atoms. The molecule has 0 radical (unpaired) electrons. The quantitative estimate of drug-likeness (QED) is 0.780. The van der Waals surface area contributed by atoms with Gasteiger partial charge in [-0.05, 0) is 49.1 Å². The zero-order chi connectivity index (χ0) is 17.5. The smallest absolute Gasteiger partial charge is 0.160 e. The van der Waals surface area contributed by atoms with Gasteiger partial charge < -0.3 is 19.9 Å². The summed E-state index contributed by atoms with van der Waals surface area (Å²) < 4.78 is 10.6. The summed E-state index contributed by atoms with van der Waals surface area (Å²) in [5, 5.41) is 13.8. The number of aliphatic hydroxyl groups is 1. The first-order chi connectivity index (χ1) is 11.5. The van der Waals surface area contributed by atoms with Gasteiger partial charge >= 0.3 is 0 Å². The lowest BCUT2D eigenvalue weighted by atomic mass is 10.0. The van der Waals surface area contributed by atoms with Crippen LogP contribution in [0.15, 0.2) is 42.5 Å². The van der Waals surface area contributed by atoms with E-state index in [1.165, 1.54) is 0 Å². The van der Waals surface area contributed by atoms with Crippen molar-refractivity contribution in [2.45, 2.75) is 32.4 Å². The van der Waals surface area contributed by atoms with Crippen LogP contribution in [0.5, 0.6) is 11.5 Å². The lowest BCUT2D eigenvalue weighted by Crippen LogP contribution is -2.32. The second kappa shape index (κ2) is 8.71. The van der Waals surface area contributed by atoms with Crippen molar-refractivity contribution < 1.29 is 14.6 Å². The Bertz CT molecular complexity index is 657. The normalized spacial score (nSPS) is 13.4. The van der Waals surface area contributed by atoms with Crippen LogP contribution >= 0.6 is 0 Å². The number of ether oxygens (including phenoxy) is 2. The molecule has 0 saturated heterocycles. The van der Waals surface area contributed by atoms with E-state index in [1.54, 1.807) is 14.2 Å². The zero-order valence-corrected chi connectivity index (χ0v) is 14.9. The standard InChI is InChI=1S/C20H27NO3/c1-14-7-5-6-8-17(14)18(22)13-21-15(2)11-16-9-10-19(23-3)20(12-16)24-4/h5-10,12,15,18,21-22H,11,13H2,1-4H3/t15?,18-/m0/s1. The van der Waals surface area contributed by atoms with Gasteiger partial charge in [0.1, 0.15) is 0 Å². The van der Waals surface area contributed by atoms with E-state index in [2.05, 4.69) is 12.2 Å². The van der Waals surface area contributed by atoms with Gasteiger partial charge in [-0.15, -0.1) is 0 Å². The third kappa shape index (κ3) is 4.73. The molecule has 0 aliphatic heterocycles. The van der Waals surface area contributed by atoms with E-state index in [0.29, 0.717) is 6.54 Å². The van der Waals surface area contributed by atoms with E-state index < -0.39 is 6.10 Å². The molecule has 0 heterocycles. The highest BCUT2D eigenvalue weighted by molar-refractivity contribution is 5.43. The predicted octanol–water partition coefficient (Wildman–Crippen LogP) is 3.27. The van der Waals surface area contributed by atoms with Gasteiger partial charge in [0.2, 0.25) is 0 Å². The molecular formula is C20H27NO3. The SMILES string of the molecule is COc1ccc(CC(C)NC[C@H](O)c2ccccc2C)cc1OC. The fourth-order valence-electron chi connectivity index (χ4n) is 2.82. The molecule has 0 saturated carbocycles. The minimum atomic E-state index is -0.501. The Morgan fingerprint density at radius 2 is 1.75 bits per heavy atom. The Morgan fingerprint density at radius 1 is 1.04 bits per heavy atom. The van der Waals surface area contributed by atoms with E-state index in [0.717, 1.165) is 34.6 Å². The Hall–Kier alpha value is -2.04. The van der Waals surface area contributed by atoms with Crippen LogP contribution in [-0.2, 0) is 6.42 Å².